The minimum atomic E-state index is -0.967. The third-order valence-electron chi connectivity index (χ3n) is 1.43. The van der Waals surface area contributed by atoms with Crippen molar-refractivity contribution >= 4 is 23.5 Å². The molecule has 0 saturated heterocycles. The average molecular weight is 215 g/mol. The molecular weight excluding hydrogens is 204 g/mol. The van der Waals surface area contributed by atoms with Crippen LogP contribution in [0.5, 0.6) is 0 Å². The number of amides is 1. The van der Waals surface area contributed by atoms with Crippen molar-refractivity contribution in [2.75, 3.05) is 5.32 Å². The summed E-state index contributed by atoms with van der Waals surface area (Å²) in [5.41, 5.74) is 4.60. The summed E-state index contributed by atoms with van der Waals surface area (Å²) in [5.74, 6) is -0.208. The van der Waals surface area contributed by atoms with Crippen LogP contribution in [0.25, 0.3) is 0 Å². The van der Waals surface area contributed by atoms with Crippen LogP contribution >= 0.6 is 11.6 Å². The van der Waals surface area contributed by atoms with E-state index >= 15 is 0 Å². The Kier molecular flexibility index (Phi) is 3.03. The van der Waals surface area contributed by atoms with Crippen LogP contribution in [0.1, 0.15) is 13.8 Å². The highest BCUT2D eigenvalue weighted by molar-refractivity contribution is 6.29. The first-order valence-electron chi connectivity index (χ1n) is 3.98. The van der Waals surface area contributed by atoms with Gasteiger partial charge in [0.2, 0.25) is 11.9 Å². The van der Waals surface area contributed by atoms with E-state index in [1.165, 1.54) is 12.3 Å². The van der Waals surface area contributed by atoms with Crippen molar-refractivity contribution in [1.82, 2.24) is 9.97 Å². The molecule has 0 unspecified atom stereocenters. The maximum Gasteiger partial charge on any atom is 0.246 e. The van der Waals surface area contributed by atoms with E-state index in [4.69, 9.17) is 17.3 Å². The van der Waals surface area contributed by atoms with E-state index in [-0.39, 0.29) is 17.0 Å². The molecule has 0 aliphatic heterocycles. The van der Waals surface area contributed by atoms with E-state index < -0.39 is 5.54 Å². The Hall–Kier alpha value is -1.20. The van der Waals surface area contributed by atoms with Crippen molar-refractivity contribution in [2.45, 2.75) is 19.4 Å². The first-order valence-corrected chi connectivity index (χ1v) is 4.36. The van der Waals surface area contributed by atoms with Gasteiger partial charge in [0.15, 0.2) is 0 Å². The molecule has 5 nitrogen and oxygen atoms in total. The monoisotopic (exact) mass is 214 g/mol. The molecule has 0 aliphatic carbocycles. The van der Waals surface area contributed by atoms with Crippen molar-refractivity contribution in [1.29, 1.82) is 0 Å². The predicted molar refractivity (Wildman–Crippen MR) is 53.9 cm³/mol. The van der Waals surface area contributed by atoms with Gasteiger partial charge >= 0.3 is 0 Å². The molecule has 0 atom stereocenters. The molecule has 3 N–H and O–H groups in total. The van der Waals surface area contributed by atoms with Gasteiger partial charge in [0, 0.05) is 6.20 Å². The van der Waals surface area contributed by atoms with Gasteiger partial charge < -0.3 is 5.73 Å². The summed E-state index contributed by atoms with van der Waals surface area (Å²) in [6.45, 7) is 3.18. The highest BCUT2D eigenvalue weighted by Gasteiger charge is 2.22. The molecule has 1 aromatic rings. The molecule has 0 spiro atoms. The minimum Gasteiger partial charge on any atom is -0.318 e. The van der Waals surface area contributed by atoms with Crippen LogP contribution in [0.4, 0.5) is 5.95 Å². The van der Waals surface area contributed by atoms with Crippen molar-refractivity contribution in [3.8, 4) is 0 Å². The molecule has 1 heterocycles. The van der Waals surface area contributed by atoms with E-state index in [0.29, 0.717) is 0 Å². The summed E-state index contributed by atoms with van der Waals surface area (Å²) in [7, 11) is 0. The number of hydrogen-bond acceptors (Lipinski definition) is 4. The van der Waals surface area contributed by atoms with Crippen LogP contribution in [0.3, 0.4) is 0 Å². The molecule has 0 aliphatic rings. The van der Waals surface area contributed by atoms with E-state index in [9.17, 15) is 4.79 Å². The van der Waals surface area contributed by atoms with E-state index in [1.807, 2.05) is 0 Å². The number of hydrogen-bond donors (Lipinski definition) is 2. The number of carbonyl (C=O) groups is 1. The molecule has 0 bridgehead atoms. The molecule has 6 heteroatoms. The maximum absolute atomic E-state index is 11.4. The third-order valence-corrected chi connectivity index (χ3v) is 1.64. The Morgan fingerprint density at radius 1 is 1.64 bits per heavy atom. The highest BCUT2D eigenvalue weighted by Crippen LogP contribution is 2.07. The molecule has 14 heavy (non-hydrogen) atoms. The van der Waals surface area contributed by atoms with Gasteiger partial charge in [-0.05, 0) is 19.9 Å². The van der Waals surface area contributed by atoms with Crippen LogP contribution in [0.15, 0.2) is 12.3 Å². The number of nitrogens with one attached hydrogen (secondary N) is 1. The molecule has 0 saturated carbocycles. The Morgan fingerprint density at radius 3 is 2.79 bits per heavy atom. The summed E-state index contributed by atoms with van der Waals surface area (Å²) in [6, 6.07) is 1.52. The highest BCUT2D eigenvalue weighted by atomic mass is 35.5. The van der Waals surface area contributed by atoms with Gasteiger partial charge in [-0.15, -0.1) is 0 Å². The number of anilines is 1. The topological polar surface area (TPSA) is 80.9 Å². The lowest BCUT2D eigenvalue weighted by atomic mass is 10.1. The van der Waals surface area contributed by atoms with Crippen LogP contribution in [0, 0.1) is 0 Å². The van der Waals surface area contributed by atoms with Gasteiger partial charge in [-0.1, -0.05) is 11.6 Å². The lowest BCUT2D eigenvalue weighted by Gasteiger charge is -2.16. The smallest absolute Gasteiger partial charge is 0.246 e. The van der Waals surface area contributed by atoms with Crippen molar-refractivity contribution in [3.05, 3.63) is 17.4 Å². The maximum atomic E-state index is 11.4. The largest absolute Gasteiger partial charge is 0.318 e. The van der Waals surface area contributed by atoms with Gasteiger partial charge in [0.1, 0.15) is 5.15 Å². The zero-order chi connectivity index (χ0) is 10.8. The summed E-state index contributed by atoms with van der Waals surface area (Å²) in [4.78, 5) is 19.0. The standard InChI is InChI=1S/C8H11ClN4O/c1-8(2,10)6(14)13-7-11-4-3-5(9)12-7/h3-4H,10H2,1-2H3,(H,11,12,13,14). The SMILES string of the molecule is CC(C)(N)C(=O)Nc1nccc(Cl)n1. The summed E-state index contributed by atoms with van der Waals surface area (Å²) in [5, 5.41) is 2.72. The number of nitrogens with two attached hydrogens (primary N) is 1. The number of nitrogens with zero attached hydrogens (tertiary/aromatic N) is 2. The Bertz CT molecular complexity index is 347. The number of rotatable bonds is 2. The van der Waals surface area contributed by atoms with Crippen LogP contribution in [-0.2, 0) is 4.79 Å². The first-order chi connectivity index (χ1) is 6.39. The fourth-order valence-electron chi connectivity index (χ4n) is 0.660. The predicted octanol–water partition coefficient (Wildman–Crippen LogP) is 0.806. The summed E-state index contributed by atoms with van der Waals surface area (Å²) >= 11 is 5.61. The molecule has 76 valence electrons. The molecule has 0 radical (unpaired) electrons. The van der Waals surface area contributed by atoms with E-state index in [1.54, 1.807) is 13.8 Å². The van der Waals surface area contributed by atoms with Crippen molar-refractivity contribution in [3.63, 3.8) is 0 Å². The zero-order valence-corrected chi connectivity index (χ0v) is 8.67. The van der Waals surface area contributed by atoms with Crippen LogP contribution in [-0.4, -0.2) is 21.4 Å². The average Bonchev–Trinajstić information content (AvgIpc) is 2.02. The van der Waals surface area contributed by atoms with Crippen molar-refractivity contribution < 1.29 is 4.79 Å². The quantitative estimate of drug-likeness (QED) is 0.714. The molecular formula is C8H11ClN4O. The van der Waals surface area contributed by atoms with E-state index in [0.717, 1.165) is 0 Å². The van der Waals surface area contributed by atoms with Gasteiger partial charge in [-0.2, -0.15) is 0 Å². The fourth-order valence-corrected chi connectivity index (χ4v) is 0.796. The molecule has 0 fully saturated rings. The van der Waals surface area contributed by atoms with Gasteiger partial charge in [0.05, 0.1) is 5.54 Å². The van der Waals surface area contributed by atoms with Crippen molar-refractivity contribution in [2.24, 2.45) is 5.73 Å². The zero-order valence-electron chi connectivity index (χ0n) is 7.91. The summed E-state index contributed by atoms with van der Waals surface area (Å²) < 4.78 is 0. The molecule has 0 aromatic carbocycles. The number of carbonyl (C=O) groups excluding carboxylic acids is 1. The Morgan fingerprint density at radius 2 is 2.29 bits per heavy atom. The molecule has 1 amide bonds. The summed E-state index contributed by atoms with van der Waals surface area (Å²) in [6.07, 6.45) is 1.45. The van der Waals surface area contributed by atoms with Gasteiger partial charge in [-0.25, -0.2) is 9.97 Å². The second-order valence-electron chi connectivity index (χ2n) is 3.38. The first kappa shape index (κ1) is 10.9. The second-order valence-corrected chi connectivity index (χ2v) is 3.77. The Labute approximate surface area is 86.7 Å². The fraction of sp³-hybridized carbons (Fsp3) is 0.375. The lowest BCUT2D eigenvalue weighted by Crippen LogP contribution is -2.45. The second kappa shape index (κ2) is 3.89. The normalized spacial score (nSPS) is 11.1. The van der Waals surface area contributed by atoms with Gasteiger partial charge in [-0.3, -0.25) is 10.1 Å². The lowest BCUT2D eigenvalue weighted by molar-refractivity contribution is -0.120. The molecule has 1 rings (SSSR count). The van der Waals surface area contributed by atoms with E-state index in [2.05, 4.69) is 15.3 Å². The Balaban J connectivity index is 2.75. The number of aromatic nitrogens is 2. The third kappa shape index (κ3) is 2.93. The van der Waals surface area contributed by atoms with Crippen LogP contribution < -0.4 is 11.1 Å². The van der Waals surface area contributed by atoms with Gasteiger partial charge in [0.25, 0.3) is 0 Å². The van der Waals surface area contributed by atoms with Crippen LogP contribution in [0.2, 0.25) is 5.15 Å². The number of halogens is 1. The minimum absolute atomic E-state index is 0.154. The molecule has 1 aromatic heterocycles.